The average molecular weight is 324 g/mol. The van der Waals surface area contributed by atoms with Crippen LogP contribution in [-0.4, -0.2) is 0 Å². The molecule has 2 nitrogen and oxygen atoms in total. The van der Waals surface area contributed by atoms with Crippen LogP contribution < -0.4 is 10.5 Å². The first-order chi connectivity index (χ1) is 9.11. The van der Waals surface area contributed by atoms with Crippen LogP contribution in [0.3, 0.4) is 0 Å². The van der Waals surface area contributed by atoms with Crippen molar-refractivity contribution in [2.45, 2.75) is 20.1 Å². The summed E-state index contributed by atoms with van der Waals surface area (Å²) in [7, 11) is 0. The highest BCUT2D eigenvalue weighted by Crippen LogP contribution is 2.25. The predicted molar refractivity (Wildman–Crippen MR) is 77.5 cm³/mol. The number of benzene rings is 2. The van der Waals surface area contributed by atoms with Gasteiger partial charge in [0, 0.05) is 22.1 Å². The molecule has 0 aliphatic carbocycles. The Kier molecular flexibility index (Phi) is 4.56. The number of hydrogen-bond donors (Lipinski definition) is 1. The Balaban J connectivity index is 2.19. The Morgan fingerprint density at radius 1 is 1.21 bits per heavy atom. The minimum absolute atomic E-state index is 0.191. The summed E-state index contributed by atoms with van der Waals surface area (Å²) < 4.78 is 20.1. The van der Waals surface area contributed by atoms with Crippen molar-refractivity contribution in [3.63, 3.8) is 0 Å². The highest BCUT2D eigenvalue weighted by Gasteiger charge is 2.08. The van der Waals surface area contributed by atoms with Crippen LogP contribution in [0.4, 0.5) is 4.39 Å². The van der Waals surface area contributed by atoms with Crippen molar-refractivity contribution in [1.82, 2.24) is 0 Å². The molecule has 0 bridgehead atoms. The molecule has 4 heteroatoms. The topological polar surface area (TPSA) is 35.2 Å². The van der Waals surface area contributed by atoms with E-state index in [0.717, 1.165) is 16.9 Å². The minimum atomic E-state index is -0.280. The minimum Gasteiger partial charge on any atom is -0.488 e. The third kappa shape index (κ3) is 3.33. The van der Waals surface area contributed by atoms with Crippen LogP contribution in [0.2, 0.25) is 0 Å². The summed E-state index contributed by atoms with van der Waals surface area (Å²) in [5, 5.41) is 0. The number of nitrogens with two attached hydrogens (primary N) is 1. The molecule has 2 aromatic rings. The third-order valence-corrected chi connectivity index (χ3v) is 3.39. The molecule has 0 amide bonds. The van der Waals surface area contributed by atoms with Crippen LogP contribution in [0.15, 0.2) is 40.9 Å². The summed E-state index contributed by atoms with van der Waals surface area (Å²) in [6.07, 6.45) is 0. The second-order valence-electron chi connectivity index (χ2n) is 4.29. The maximum atomic E-state index is 13.7. The Labute approximate surface area is 120 Å². The molecule has 19 heavy (non-hydrogen) atoms. The lowest BCUT2D eigenvalue weighted by molar-refractivity contribution is 0.294. The highest BCUT2D eigenvalue weighted by atomic mass is 79.9. The number of rotatable bonds is 4. The lowest BCUT2D eigenvalue weighted by atomic mass is 10.1. The number of para-hydroxylation sites is 1. The zero-order valence-corrected chi connectivity index (χ0v) is 12.2. The predicted octanol–water partition coefficient (Wildman–Crippen LogP) is 3.93. The Morgan fingerprint density at radius 2 is 2.00 bits per heavy atom. The fourth-order valence-corrected chi connectivity index (χ4v) is 2.20. The van der Waals surface area contributed by atoms with Gasteiger partial charge in [-0.05, 0) is 24.6 Å². The quantitative estimate of drug-likeness (QED) is 0.925. The van der Waals surface area contributed by atoms with E-state index in [9.17, 15) is 4.39 Å². The maximum absolute atomic E-state index is 13.7. The van der Waals surface area contributed by atoms with Gasteiger partial charge in [-0.25, -0.2) is 4.39 Å². The molecule has 0 fully saturated rings. The maximum Gasteiger partial charge on any atom is 0.130 e. The van der Waals surface area contributed by atoms with E-state index >= 15 is 0 Å². The van der Waals surface area contributed by atoms with Gasteiger partial charge in [0.1, 0.15) is 18.2 Å². The van der Waals surface area contributed by atoms with Crippen molar-refractivity contribution in [3.05, 3.63) is 63.4 Å². The van der Waals surface area contributed by atoms with Crippen LogP contribution in [0.25, 0.3) is 0 Å². The van der Waals surface area contributed by atoms with Gasteiger partial charge in [-0.15, -0.1) is 0 Å². The van der Waals surface area contributed by atoms with E-state index in [-0.39, 0.29) is 12.4 Å². The van der Waals surface area contributed by atoms with E-state index in [1.807, 2.05) is 25.1 Å². The summed E-state index contributed by atoms with van der Waals surface area (Å²) in [6, 6.07) is 10.7. The summed E-state index contributed by atoms with van der Waals surface area (Å²) in [5.41, 5.74) is 8.13. The molecule has 0 spiro atoms. The lowest BCUT2D eigenvalue weighted by Crippen LogP contribution is -2.05. The van der Waals surface area contributed by atoms with Gasteiger partial charge >= 0.3 is 0 Å². The molecule has 0 saturated heterocycles. The van der Waals surface area contributed by atoms with Crippen LogP contribution in [0.5, 0.6) is 5.75 Å². The van der Waals surface area contributed by atoms with Gasteiger partial charge in [0.25, 0.3) is 0 Å². The van der Waals surface area contributed by atoms with Gasteiger partial charge in [0.05, 0.1) is 0 Å². The SMILES string of the molecule is Cc1cccc(CN)c1OCc1ccc(Br)cc1F. The van der Waals surface area contributed by atoms with E-state index in [1.165, 1.54) is 6.07 Å². The van der Waals surface area contributed by atoms with Crippen LogP contribution >= 0.6 is 15.9 Å². The molecule has 100 valence electrons. The standard InChI is InChI=1S/C15H15BrFNO/c1-10-3-2-4-11(8-18)15(10)19-9-12-5-6-13(16)7-14(12)17/h2-7H,8-9,18H2,1H3. The molecule has 0 aliphatic rings. The van der Waals surface area contributed by atoms with E-state index in [4.69, 9.17) is 10.5 Å². The van der Waals surface area contributed by atoms with E-state index in [0.29, 0.717) is 16.6 Å². The molecule has 0 saturated carbocycles. The van der Waals surface area contributed by atoms with Gasteiger partial charge in [-0.1, -0.05) is 40.2 Å². The molecule has 2 aromatic carbocycles. The molecule has 2 rings (SSSR count). The molecule has 2 N–H and O–H groups in total. The molecular formula is C15H15BrFNO. The smallest absolute Gasteiger partial charge is 0.130 e. The van der Waals surface area contributed by atoms with Gasteiger partial charge < -0.3 is 10.5 Å². The fourth-order valence-electron chi connectivity index (χ4n) is 1.87. The number of halogens is 2. The van der Waals surface area contributed by atoms with Crippen molar-refractivity contribution >= 4 is 15.9 Å². The Hall–Kier alpha value is -1.39. The van der Waals surface area contributed by atoms with E-state index in [2.05, 4.69) is 15.9 Å². The van der Waals surface area contributed by atoms with Crippen molar-refractivity contribution in [1.29, 1.82) is 0 Å². The van der Waals surface area contributed by atoms with Crippen molar-refractivity contribution in [2.24, 2.45) is 5.73 Å². The van der Waals surface area contributed by atoms with Crippen LogP contribution in [0.1, 0.15) is 16.7 Å². The largest absolute Gasteiger partial charge is 0.488 e. The lowest BCUT2D eigenvalue weighted by Gasteiger charge is -2.13. The Morgan fingerprint density at radius 3 is 2.68 bits per heavy atom. The highest BCUT2D eigenvalue weighted by molar-refractivity contribution is 9.10. The monoisotopic (exact) mass is 323 g/mol. The summed E-state index contributed by atoms with van der Waals surface area (Å²) >= 11 is 3.23. The van der Waals surface area contributed by atoms with Gasteiger partial charge in [-0.3, -0.25) is 0 Å². The summed E-state index contributed by atoms with van der Waals surface area (Å²) in [5.74, 6) is 0.463. The molecule has 0 radical (unpaired) electrons. The first-order valence-electron chi connectivity index (χ1n) is 5.97. The molecule has 0 unspecified atom stereocenters. The van der Waals surface area contributed by atoms with Crippen molar-refractivity contribution in [2.75, 3.05) is 0 Å². The van der Waals surface area contributed by atoms with Crippen LogP contribution in [-0.2, 0) is 13.2 Å². The second kappa shape index (κ2) is 6.17. The first kappa shape index (κ1) is 14.0. The molecule has 0 heterocycles. The van der Waals surface area contributed by atoms with E-state index in [1.54, 1.807) is 12.1 Å². The average Bonchev–Trinajstić information content (AvgIpc) is 2.39. The molecule has 0 atom stereocenters. The van der Waals surface area contributed by atoms with Gasteiger partial charge in [0.15, 0.2) is 0 Å². The second-order valence-corrected chi connectivity index (χ2v) is 5.21. The van der Waals surface area contributed by atoms with Gasteiger partial charge in [-0.2, -0.15) is 0 Å². The van der Waals surface area contributed by atoms with Crippen molar-refractivity contribution < 1.29 is 9.13 Å². The van der Waals surface area contributed by atoms with Gasteiger partial charge in [0.2, 0.25) is 0 Å². The summed E-state index contributed by atoms with van der Waals surface area (Å²) in [4.78, 5) is 0. The van der Waals surface area contributed by atoms with Crippen LogP contribution in [0, 0.1) is 12.7 Å². The summed E-state index contributed by atoms with van der Waals surface area (Å²) in [6.45, 7) is 2.54. The zero-order chi connectivity index (χ0) is 13.8. The molecule has 0 aliphatic heterocycles. The number of hydrogen-bond acceptors (Lipinski definition) is 2. The normalized spacial score (nSPS) is 10.5. The zero-order valence-electron chi connectivity index (χ0n) is 10.6. The van der Waals surface area contributed by atoms with Crippen molar-refractivity contribution in [3.8, 4) is 5.75 Å². The first-order valence-corrected chi connectivity index (χ1v) is 6.76. The fraction of sp³-hybridized carbons (Fsp3) is 0.200. The number of ether oxygens (including phenoxy) is 1. The van der Waals surface area contributed by atoms with E-state index < -0.39 is 0 Å². The molecular weight excluding hydrogens is 309 g/mol. The molecule has 0 aromatic heterocycles. The third-order valence-electron chi connectivity index (χ3n) is 2.90. The number of aryl methyl sites for hydroxylation is 1. The Bertz CT molecular complexity index is 586.